The normalized spacial score (nSPS) is 10.3. The number of hydrogen-bond acceptors (Lipinski definition) is 5. The first-order chi connectivity index (χ1) is 7.25. The molecule has 78 valence electrons. The van der Waals surface area contributed by atoms with Crippen molar-refractivity contribution >= 4 is 16.7 Å². The summed E-state index contributed by atoms with van der Waals surface area (Å²) in [6.07, 6.45) is 0. The third-order valence-electron chi connectivity index (χ3n) is 1.97. The number of rotatable bonds is 3. The van der Waals surface area contributed by atoms with Crippen LogP contribution in [0.3, 0.4) is 0 Å². The lowest BCUT2D eigenvalue weighted by Crippen LogP contribution is -1.99. The number of nitrogens with zero attached hydrogens (tertiary/aromatic N) is 3. The molecule has 0 radical (unpaired) electrons. The van der Waals surface area contributed by atoms with Crippen LogP contribution < -0.4 is 5.32 Å². The summed E-state index contributed by atoms with van der Waals surface area (Å²) in [4.78, 5) is 0. The molecule has 0 unspecified atom stereocenters. The molecule has 2 rings (SSSR count). The molecular weight excluding hydrogens is 215 g/mol. The predicted molar refractivity (Wildman–Crippen MR) is 56.2 cm³/mol. The minimum absolute atomic E-state index is 0.184. The zero-order chi connectivity index (χ0) is 10.7. The van der Waals surface area contributed by atoms with Gasteiger partial charge in [-0.15, -0.1) is 0 Å². The number of aryl methyl sites for hydroxylation is 1. The summed E-state index contributed by atoms with van der Waals surface area (Å²) in [6.45, 7) is 2.34. The Hall–Kier alpha value is -1.56. The molecule has 0 saturated heterocycles. The maximum Gasteiger partial charge on any atom is 0.225 e. The van der Waals surface area contributed by atoms with Crippen molar-refractivity contribution in [3.63, 3.8) is 0 Å². The van der Waals surface area contributed by atoms with Gasteiger partial charge in [0, 0.05) is 18.1 Å². The van der Waals surface area contributed by atoms with E-state index >= 15 is 0 Å². The zero-order valence-electron chi connectivity index (χ0n) is 8.07. The Bertz CT molecular complexity index is 443. The molecule has 6 heteroatoms. The Morgan fingerprint density at radius 2 is 2.33 bits per heavy atom. The van der Waals surface area contributed by atoms with Crippen molar-refractivity contribution in [3.05, 3.63) is 35.1 Å². The second-order valence-electron chi connectivity index (χ2n) is 3.10. The summed E-state index contributed by atoms with van der Waals surface area (Å²) in [5.41, 5.74) is 1.65. The van der Waals surface area contributed by atoms with Crippen molar-refractivity contribution in [1.82, 2.24) is 14.8 Å². The fourth-order valence-electron chi connectivity index (χ4n) is 1.20. The van der Waals surface area contributed by atoms with Crippen molar-refractivity contribution in [2.75, 3.05) is 5.32 Å². The van der Waals surface area contributed by atoms with Crippen molar-refractivity contribution in [2.45, 2.75) is 13.5 Å². The molecule has 0 spiro atoms. The van der Waals surface area contributed by atoms with Gasteiger partial charge in [0.05, 0.1) is 0 Å². The van der Waals surface area contributed by atoms with E-state index in [0.717, 1.165) is 5.56 Å². The highest BCUT2D eigenvalue weighted by atomic mass is 32.1. The van der Waals surface area contributed by atoms with Crippen LogP contribution in [0.5, 0.6) is 0 Å². The maximum absolute atomic E-state index is 13.0. The zero-order valence-corrected chi connectivity index (χ0v) is 8.88. The molecule has 0 fully saturated rings. The third kappa shape index (κ3) is 2.47. The summed E-state index contributed by atoms with van der Waals surface area (Å²) in [7, 11) is 0. The number of anilines is 1. The van der Waals surface area contributed by atoms with Gasteiger partial charge in [-0.1, -0.05) is 21.7 Å². The highest BCUT2D eigenvalue weighted by molar-refractivity contribution is 7.09. The molecule has 0 atom stereocenters. The Morgan fingerprint density at radius 3 is 3.00 bits per heavy atom. The van der Waals surface area contributed by atoms with Gasteiger partial charge in [0.1, 0.15) is 5.82 Å². The fraction of sp³-hybridized carbons (Fsp3) is 0.222. The van der Waals surface area contributed by atoms with E-state index in [1.165, 1.54) is 17.6 Å². The SMILES string of the molecule is Cc1cc(CNc2nnns2)ccc1F. The number of halogens is 1. The molecule has 2 aromatic rings. The van der Waals surface area contributed by atoms with Crippen LogP contribution in [0.1, 0.15) is 11.1 Å². The molecule has 0 aliphatic heterocycles. The highest BCUT2D eigenvalue weighted by Gasteiger charge is 2.00. The third-order valence-corrected chi connectivity index (χ3v) is 2.52. The van der Waals surface area contributed by atoms with Gasteiger partial charge >= 0.3 is 0 Å². The number of nitrogens with one attached hydrogen (secondary N) is 1. The van der Waals surface area contributed by atoms with Crippen molar-refractivity contribution in [2.24, 2.45) is 0 Å². The van der Waals surface area contributed by atoms with E-state index in [-0.39, 0.29) is 5.82 Å². The van der Waals surface area contributed by atoms with E-state index in [1.807, 2.05) is 0 Å². The molecule has 0 bridgehead atoms. The molecule has 1 aromatic carbocycles. The summed E-state index contributed by atoms with van der Waals surface area (Å²) < 4.78 is 16.6. The lowest BCUT2D eigenvalue weighted by Gasteiger charge is -2.03. The summed E-state index contributed by atoms with van der Waals surface area (Å²) in [6, 6.07) is 5.01. The molecule has 1 heterocycles. The van der Waals surface area contributed by atoms with Gasteiger partial charge in [0.25, 0.3) is 0 Å². The van der Waals surface area contributed by atoms with Gasteiger partial charge in [-0.25, -0.2) is 4.39 Å². The molecule has 0 saturated carbocycles. The van der Waals surface area contributed by atoms with E-state index in [0.29, 0.717) is 17.2 Å². The largest absolute Gasteiger partial charge is 0.355 e. The maximum atomic E-state index is 13.0. The van der Waals surface area contributed by atoms with Crippen LogP contribution in [0.25, 0.3) is 0 Å². The molecule has 4 nitrogen and oxygen atoms in total. The van der Waals surface area contributed by atoms with Crippen LogP contribution in [0.2, 0.25) is 0 Å². The lowest BCUT2D eigenvalue weighted by molar-refractivity contribution is 0.617. The van der Waals surface area contributed by atoms with Gasteiger partial charge in [-0.2, -0.15) is 0 Å². The van der Waals surface area contributed by atoms with Crippen LogP contribution in [-0.2, 0) is 6.54 Å². The molecule has 0 aliphatic carbocycles. The van der Waals surface area contributed by atoms with E-state index in [1.54, 1.807) is 19.1 Å². The van der Waals surface area contributed by atoms with Crippen LogP contribution in [-0.4, -0.2) is 14.8 Å². The van der Waals surface area contributed by atoms with Gasteiger partial charge < -0.3 is 5.32 Å². The van der Waals surface area contributed by atoms with Crippen LogP contribution >= 0.6 is 11.5 Å². The van der Waals surface area contributed by atoms with Crippen LogP contribution in [0.15, 0.2) is 18.2 Å². The summed E-state index contributed by atoms with van der Waals surface area (Å²) in [5.74, 6) is -0.184. The number of benzene rings is 1. The summed E-state index contributed by atoms with van der Waals surface area (Å²) >= 11 is 1.19. The van der Waals surface area contributed by atoms with E-state index in [2.05, 4.69) is 20.1 Å². The second kappa shape index (κ2) is 4.31. The van der Waals surface area contributed by atoms with Gasteiger partial charge in [-0.3, -0.25) is 0 Å². The molecule has 0 amide bonds. The van der Waals surface area contributed by atoms with E-state index in [9.17, 15) is 4.39 Å². The minimum Gasteiger partial charge on any atom is -0.355 e. The van der Waals surface area contributed by atoms with Gasteiger partial charge in [0.15, 0.2) is 0 Å². The quantitative estimate of drug-likeness (QED) is 0.866. The molecule has 15 heavy (non-hydrogen) atoms. The molecule has 1 N–H and O–H groups in total. The first-order valence-corrected chi connectivity index (χ1v) is 5.17. The standard InChI is InChI=1S/C9H9FN4S/c1-6-4-7(2-3-8(6)10)5-11-9-12-13-14-15-9/h2-4H,5H2,1H3,(H,11,12,14). The minimum atomic E-state index is -0.184. The number of hydrogen-bond donors (Lipinski definition) is 1. The molecular formula is C9H9FN4S. The number of aromatic nitrogens is 3. The lowest BCUT2D eigenvalue weighted by atomic mass is 10.1. The predicted octanol–water partition coefficient (Wildman–Crippen LogP) is 1.99. The van der Waals surface area contributed by atoms with Crippen molar-refractivity contribution < 1.29 is 4.39 Å². The average Bonchev–Trinajstić information content (AvgIpc) is 2.73. The Labute approximate surface area is 90.3 Å². The fourth-order valence-corrected chi connectivity index (χ4v) is 1.56. The van der Waals surface area contributed by atoms with E-state index < -0.39 is 0 Å². The topological polar surface area (TPSA) is 50.7 Å². The first kappa shape index (κ1) is 9.97. The van der Waals surface area contributed by atoms with Crippen molar-refractivity contribution in [1.29, 1.82) is 0 Å². The highest BCUT2D eigenvalue weighted by Crippen LogP contribution is 2.12. The molecule has 0 aliphatic rings. The van der Waals surface area contributed by atoms with Crippen molar-refractivity contribution in [3.8, 4) is 0 Å². The molecule has 1 aromatic heterocycles. The van der Waals surface area contributed by atoms with Crippen LogP contribution in [0.4, 0.5) is 9.52 Å². The second-order valence-corrected chi connectivity index (χ2v) is 3.84. The average molecular weight is 224 g/mol. The first-order valence-electron chi connectivity index (χ1n) is 4.39. The van der Waals surface area contributed by atoms with Crippen LogP contribution in [0, 0.1) is 12.7 Å². The smallest absolute Gasteiger partial charge is 0.225 e. The Balaban J connectivity index is 2.02. The summed E-state index contributed by atoms with van der Waals surface area (Å²) in [5, 5.41) is 10.9. The Kier molecular flexibility index (Phi) is 2.86. The van der Waals surface area contributed by atoms with Gasteiger partial charge in [0.2, 0.25) is 5.13 Å². The van der Waals surface area contributed by atoms with Gasteiger partial charge in [-0.05, 0) is 29.3 Å². The monoisotopic (exact) mass is 224 g/mol. The van der Waals surface area contributed by atoms with E-state index in [4.69, 9.17) is 0 Å². The Morgan fingerprint density at radius 1 is 1.47 bits per heavy atom.